The van der Waals surface area contributed by atoms with E-state index in [-0.39, 0.29) is 31.0 Å². The first kappa shape index (κ1) is 16.2. The Bertz CT molecular complexity index is 295. The van der Waals surface area contributed by atoms with Crippen LogP contribution in [-0.2, 0) is 9.53 Å². The third-order valence-corrected chi connectivity index (χ3v) is 3.20. The minimum absolute atomic E-state index is 0.0103. The molecule has 1 aliphatic rings. The Balaban J connectivity index is 2.35. The van der Waals surface area contributed by atoms with Crippen molar-refractivity contribution in [1.82, 2.24) is 4.90 Å². The minimum atomic E-state index is -4.34. The van der Waals surface area contributed by atoms with E-state index in [2.05, 4.69) is 4.74 Å². The molecule has 1 fully saturated rings. The van der Waals surface area contributed by atoms with Crippen LogP contribution in [0, 0.1) is 0 Å². The topological polar surface area (TPSA) is 55.6 Å². The first-order valence-electron chi connectivity index (χ1n) is 6.51. The number of rotatable bonds is 5. The molecule has 1 saturated heterocycles. The van der Waals surface area contributed by atoms with E-state index in [1.807, 2.05) is 6.92 Å². The molecule has 0 aliphatic carbocycles. The van der Waals surface area contributed by atoms with Gasteiger partial charge in [0.2, 0.25) is 5.91 Å². The molecule has 1 amide bonds. The van der Waals surface area contributed by atoms with Crippen LogP contribution in [0.3, 0.4) is 0 Å². The molecule has 4 nitrogen and oxygen atoms in total. The highest BCUT2D eigenvalue weighted by Gasteiger charge is 2.30. The molecule has 1 rings (SSSR count). The Hall–Kier alpha value is -0.820. The van der Waals surface area contributed by atoms with Crippen molar-refractivity contribution < 1.29 is 22.7 Å². The maximum absolute atomic E-state index is 11.9. The van der Waals surface area contributed by atoms with Gasteiger partial charge in [0.1, 0.15) is 6.61 Å². The third kappa shape index (κ3) is 5.78. The fourth-order valence-corrected chi connectivity index (χ4v) is 2.30. The number of amides is 1. The number of hydrogen-bond donors (Lipinski definition) is 1. The molecule has 0 aromatic rings. The van der Waals surface area contributed by atoms with Crippen LogP contribution in [0.1, 0.15) is 32.6 Å². The monoisotopic (exact) mass is 282 g/mol. The van der Waals surface area contributed by atoms with Crippen molar-refractivity contribution in [2.24, 2.45) is 5.73 Å². The van der Waals surface area contributed by atoms with E-state index >= 15 is 0 Å². The molecule has 7 heteroatoms. The summed E-state index contributed by atoms with van der Waals surface area (Å²) in [5.41, 5.74) is 5.83. The number of nitrogens with zero attached hydrogens (tertiary/aromatic N) is 1. The van der Waals surface area contributed by atoms with Crippen molar-refractivity contribution in [2.75, 3.05) is 19.8 Å². The number of nitrogens with two attached hydrogens (primary N) is 1. The van der Waals surface area contributed by atoms with Gasteiger partial charge in [0.25, 0.3) is 0 Å². The van der Waals surface area contributed by atoms with Crippen LogP contribution in [0.5, 0.6) is 0 Å². The number of carbonyl (C=O) groups excluding carboxylic acids is 1. The smallest absolute Gasteiger partial charge is 0.372 e. The molecule has 0 saturated carbocycles. The van der Waals surface area contributed by atoms with Crippen LogP contribution in [0.25, 0.3) is 0 Å². The van der Waals surface area contributed by atoms with Crippen molar-refractivity contribution >= 4 is 5.91 Å². The van der Waals surface area contributed by atoms with Gasteiger partial charge in [-0.1, -0.05) is 0 Å². The van der Waals surface area contributed by atoms with Crippen LogP contribution >= 0.6 is 0 Å². The highest BCUT2D eigenvalue weighted by molar-refractivity contribution is 5.76. The number of piperidine rings is 1. The van der Waals surface area contributed by atoms with Crippen molar-refractivity contribution in [1.29, 1.82) is 0 Å². The van der Waals surface area contributed by atoms with Crippen molar-refractivity contribution in [3.05, 3.63) is 0 Å². The van der Waals surface area contributed by atoms with Crippen LogP contribution in [0.15, 0.2) is 0 Å². The summed E-state index contributed by atoms with van der Waals surface area (Å²) in [4.78, 5) is 13.6. The summed E-state index contributed by atoms with van der Waals surface area (Å²) in [6.07, 6.45) is -1.58. The van der Waals surface area contributed by atoms with Gasteiger partial charge < -0.3 is 15.4 Å². The van der Waals surface area contributed by atoms with Crippen molar-refractivity contribution in [2.45, 2.75) is 50.9 Å². The van der Waals surface area contributed by atoms with E-state index < -0.39 is 12.8 Å². The van der Waals surface area contributed by atoms with Crippen LogP contribution in [0.2, 0.25) is 0 Å². The molecular weight excluding hydrogens is 261 g/mol. The lowest BCUT2D eigenvalue weighted by molar-refractivity contribution is -0.175. The number of hydrogen-bond acceptors (Lipinski definition) is 3. The second kappa shape index (κ2) is 7.09. The molecule has 0 radical (unpaired) electrons. The Morgan fingerprint density at radius 2 is 2.16 bits per heavy atom. The fraction of sp³-hybridized carbons (Fsp3) is 0.917. The second-order valence-corrected chi connectivity index (χ2v) is 4.93. The van der Waals surface area contributed by atoms with Gasteiger partial charge in [0.05, 0.1) is 13.0 Å². The Morgan fingerprint density at radius 1 is 1.47 bits per heavy atom. The van der Waals surface area contributed by atoms with Gasteiger partial charge in [0, 0.05) is 18.6 Å². The molecule has 1 heterocycles. The number of carbonyl (C=O) groups is 1. The van der Waals surface area contributed by atoms with Gasteiger partial charge in [-0.25, -0.2) is 0 Å². The fourth-order valence-electron chi connectivity index (χ4n) is 2.30. The molecule has 0 aromatic heterocycles. The average Bonchev–Trinajstić information content (AvgIpc) is 2.33. The van der Waals surface area contributed by atoms with Gasteiger partial charge in [0.15, 0.2) is 0 Å². The quantitative estimate of drug-likeness (QED) is 0.781. The van der Waals surface area contributed by atoms with Gasteiger partial charge in [-0.3, -0.25) is 4.79 Å². The molecule has 1 aliphatic heterocycles. The van der Waals surface area contributed by atoms with Crippen LogP contribution in [-0.4, -0.2) is 48.8 Å². The van der Waals surface area contributed by atoms with Crippen molar-refractivity contribution in [3.8, 4) is 0 Å². The molecule has 2 unspecified atom stereocenters. The first-order valence-corrected chi connectivity index (χ1v) is 6.51. The number of halogens is 3. The SMILES string of the molecule is CC(N)C1CCCCN1C(=O)CCOCC(F)(F)F. The summed E-state index contributed by atoms with van der Waals surface area (Å²) >= 11 is 0. The van der Waals surface area contributed by atoms with Crippen LogP contribution < -0.4 is 5.73 Å². The van der Waals surface area contributed by atoms with E-state index in [4.69, 9.17) is 5.73 Å². The lowest BCUT2D eigenvalue weighted by Crippen LogP contribution is -2.51. The standard InChI is InChI=1S/C12H21F3N2O2/c1-9(16)10-4-2-3-6-17(10)11(18)5-7-19-8-12(13,14)15/h9-10H,2-8,16H2,1H3. The lowest BCUT2D eigenvalue weighted by atomic mass is 9.96. The Morgan fingerprint density at radius 3 is 2.74 bits per heavy atom. The molecular formula is C12H21F3N2O2. The van der Waals surface area contributed by atoms with E-state index in [0.29, 0.717) is 6.54 Å². The summed E-state index contributed by atoms with van der Waals surface area (Å²) in [6.45, 7) is 0.957. The molecule has 0 aromatic carbocycles. The first-order chi connectivity index (χ1) is 8.81. The average molecular weight is 282 g/mol. The second-order valence-electron chi connectivity index (χ2n) is 4.93. The maximum atomic E-state index is 11.9. The summed E-state index contributed by atoms with van der Waals surface area (Å²) in [7, 11) is 0. The number of alkyl halides is 3. The molecule has 19 heavy (non-hydrogen) atoms. The summed E-state index contributed by atoms with van der Waals surface area (Å²) in [5, 5.41) is 0. The molecule has 2 N–H and O–H groups in total. The number of ether oxygens (including phenoxy) is 1. The van der Waals surface area contributed by atoms with E-state index in [1.165, 1.54) is 0 Å². The van der Waals surface area contributed by atoms with Gasteiger partial charge in [-0.15, -0.1) is 0 Å². The summed E-state index contributed by atoms with van der Waals surface area (Å²) in [5.74, 6) is -0.177. The Kier molecular flexibility index (Phi) is 6.06. The Labute approximate surface area is 111 Å². The largest absolute Gasteiger partial charge is 0.411 e. The minimum Gasteiger partial charge on any atom is -0.372 e. The van der Waals surface area contributed by atoms with E-state index in [9.17, 15) is 18.0 Å². The zero-order valence-electron chi connectivity index (χ0n) is 11.1. The lowest BCUT2D eigenvalue weighted by Gasteiger charge is -2.38. The van der Waals surface area contributed by atoms with Gasteiger partial charge in [-0.05, 0) is 26.2 Å². The van der Waals surface area contributed by atoms with Gasteiger partial charge >= 0.3 is 6.18 Å². The molecule has 112 valence electrons. The van der Waals surface area contributed by atoms with Gasteiger partial charge in [-0.2, -0.15) is 13.2 Å². The van der Waals surface area contributed by atoms with Crippen molar-refractivity contribution in [3.63, 3.8) is 0 Å². The van der Waals surface area contributed by atoms with Crippen LogP contribution in [0.4, 0.5) is 13.2 Å². The zero-order chi connectivity index (χ0) is 14.5. The predicted molar refractivity (Wildman–Crippen MR) is 64.5 cm³/mol. The molecule has 0 spiro atoms. The molecule has 0 bridgehead atoms. The normalized spacial score (nSPS) is 22.4. The zero-order valence-corrected chi connectivity index (χ0v) is 11.1. The summed E-state index contributed by atoms with van der Waals surface area (Å²) in [6, 6.07) is -0.135. The van der Waals surface area contributed by atoms with E-state index in [0.717, 1.165) is 19.3 Å². The highest BCUT2D eigenvalue weighted by Crippen LogP contribution is 2.20. The maximum Gasteiger partial charge on any atom is 0.411 e. The third-order valence-electron chi connectivity index (χ3n) is 3.20. The summed E-state index contributed by atoms with van der Waals surface area (Å²) < 4.78 is 40.0. The van der Waals surface area contributed by atoms with E-state index in [1.54, 1.807) is 4.90 Å². The number of likely N-dealkylation sites (tertiary alicyclic amines) is 1. The predicted octanol–water partition coefficient (Wildman–Crippen LogP) is 1.68. The highest BCUT2D eigenvalue weighted by atomic mass is 19.4. The molecule has 2 atom stereocenters.